The summed E-state index contributed by atoms with van der Waals surface area (Å²) < 4.78 is 7.73. The van der Waals surface area contributed by atoms with Crippen molar-refractivity contribution in [2.75, 3.05) is 19.0 Å². The van der Waals surface area contributed by atoms with E-state index < -0.39 is 6.23 Å². The van der Waals surface area contributed by atoms with Crippen LogP contribution in [0.3, 0.4) is 0 Å². The summed E-state index contributed by atoms with van der Waals surface area (Å²) >= 11 is 0. The molecule has 146 valence electrons. The maximum Gasteiger partial charge on any atom is 0.226 e. The number of hydrogen-bond donors (Lipinski definition) is 1. The van der Waals surface area contributed by atoms with Crippen LogP contribution in [0.1, 0.15) is 22.4 Å². The van der Waals surface area contributed by atoms with Crippen LogP contribution in [0.15, 0.2) is 54.1 Å². The maximum absolute atomic E-state index is 9.80. The molecule has 1 aromatic heterocycles. The lowest BCUT2D eigenvalue weighted by Crippen LogP contribution is -2.33. The molecule has 0 spiro atoms. The molecule has 0 amide bonds. The number of fused-ring (bicyclic) bond motifs is 1. The molecule has 1 aliphatic rings. The zero-order chi connectivity index (χ0) is 20.7. The Kier molecular flexibility index (Phi) is 4.61. The van der Waals surface area contributed by atoms with Gasteiger partial charge < -0.3 is 9.64 Å². The molecule has 0 saturated carbocycles. The lowest BCUT2D eigenvalue weighted by molar-refractivity contribution is 0.228. The monoisotopic (exact) mass is 385 g/mol. The number of ether oxygens (including phenoxy) is 1. The van der Waals surface area contributed by atoms with Crippen LogP contribution < -0.4 is 15.4 Å². The summed E-state index contributed by atoms with van der Waals surface area (Å²) in [5.41, 5.74) is 13.1. The highest BCUT2D eigenvalue weighted by atomic mass is 16.5. The smallest absolute Gasteiger partial charge is 0.226 e. The molecule has 4 rings (SSSR count). The summed E-state index contributed by atoms with van der Waals surface area (Å²) in [6.45, 7) is 3.96. The van der Waals surface area contributed by atoms with Crippen LogP contribution in [0, 0.1) is 25.2 Å². The van der Waals surface area contributed by atoms with Gasteiger partial charge in [-0.3, -0.25) is 5.73 Å². The Bertz CT molecular complexity index is 1130. The summed E-state index contributed by atoms with van der Waals surface area (Å²) in [5, 5.41) is 14.5. The first-order chi connectivity index (χ1) is 13.9. The molecule has 0 saturated heterocycles. The second-order valence-electron chi connectivity index (χ2n) is 7.39. The molecule has 1 aliphatic heterocycles. The third-order valence-electron chi connectivity index (χ3n) is 5.13. The molecular weight excluding hydrogens is 362 g/mol. The van der Waals surface area contributed by atoms with Crippen LogP contribution in [0.25, 0.3) is 11.3 Å². The first kappa shape index (κ1) is 18.8. The van der Waals surface area contributed by atoms with Crippen LogP contribution in [0.2, 0.25) is 0 Å². The van der Waals surface area contributed by atoms with Gasteiger partial charge in [0.25, 0.3) is 0 Å². The molecule has 0 fully saturated rings. The van der Waals surface area contributed by atoms with Gasteiger partial charge in [-0.1, -0.05) is 29.8 Å². The molecule has 6 nitrogen and oxygen atoms in total. The van der Waals surface area contributed by atoms with Gasteiger partial charge in [-0.2, -0.15) is 10.4 Å². The lowest BCUT2D eigenvalue weighted by atomic mass is 9.91. The third kappa shape index (κ3) is 3.16. The van der Waals surface area contributed by atoms with E-state index in [1.165, 1.54) is 0 Å². The summed E-state index contributed by atoms with van der Waals surface area (Å²) in [6.07, 6.45) is -0.851. The second-order valence-corrected chi connectivity index (χ2v) is 7.39. The van der Waals surface area contributed by atoms with Crippen molar-refractivity contribution in [1.29, 1.82) is 5.26 Å². The zero-order valence-electron chi connectivity index (χ0n) is 17.0. The van der Waals surface area contributed by atoms with E-state index in [2.05, 4.69) is 6.07 Å². The number of nitrogens with zero attached hydrogens (tertiary/aromatic N) is 4. The van der Waals surface area contributed by atoms with E-state index in [0.29, 0.717) is 11.5 Å². The molecule has 2 N–H and O–H groups in total. The minimum absolute atomic E-state index is 0.404. The molecule has 0 radical (unpaired) electrons. The van der Waals surface area contributed by atoms with E-state index in [9.17, 15) is 5.26 Å². The summed E-state index contributed by atoms with van der Waals surface area (Å²) in [6, 6.07) is 18.3. The zero-order valence-corrected chi connectivity index (χ0v) is 17.0. The number of nitrogens with two attached hydrogens (primary N) is 1. The largest absolute Gasteiger partial charge is 0.453 e. The summed E-state index contributed by atoms with van der Waals surface area (Å²) in [5.74, 6) is 0.560. The van der Waals surface area contributed by atoms with E-state index >= 15 is 0 Å². The van der Waals surface area contributed by atoms with E-state index in [1.807, 2.05) is 81.4 Å². The van der Waals surface area contributed by atoms with Crippen molar-refractivity contribution in [3.05, 3.63) is 76.5 Å². The van der Waals surface area contributed by atoms with Crippen molar-refractivity contribution in [2.45, 2.75) is 20.1 Å². The van der Waals surface area contributed by atoms with Crippen molar-refractivity contribution in [3.8, 4) is 17.6 Å². The Morgan fingerprint density at radius 2 is 1.72 bits per heavy atom. The Morgan fingerprint density at radius 1 is 1.07 bits per heavy atom. The molecule has 0 aliphatic carbocycles. The standard InChI is InChI=1S/C23H23N5O/c1-14-5-9-18(10-6-14)28-23-20(15(2)26-28)21(19(13-24)22(25)29-23)16-7-11-17(12-8-16)27(3)4/h5-12,22H,25H2,1-4H3. The first-order valence-electron chi connectivity index (χ1n) is 9.42. The van der Waals surface area contributed by atoms with Crippen LogP contribution in [-0.2, 0) is 0 Å². The molecule has 29 heavy (non-hydrogen) atoms. The maximum atomic E-state index is 9.80. The van der Waals surface area contributed by atoms with Crippen molar-refractivity contribution in [3.63, 3.8) is 0 Å². The molecular formula is C23H23N5O. The van der Waals surface area contributed by atoms with E-state index in [0.717, 1.165) is 39.3 Å². The number of hydrogen-bond acceptors (Lipinski definition) is 5. The fraction of sp³-hybridized carbons (Fsp3) is 0.217. The van der Waals surface area contributed by atoms with Gasteiger partial charge in [0.1, 0.15) is 6.07 Å². The molecule has 2 aromatic carbocycles. The van der Waals surface area contributed by atoms with Gasteiger partial charge in [-0.15, -0.1) is 0 Å². The molecule has 6 heteroatoms. The first-order valence-corrected chi connectivity index (χ1v) is 9.42. The topological polar surface area (TPSA) is 80.1 Å². The Balaban J connectivity index is 1.92. The normalized spacial score (nSPS) is 15.5. The number of anilines is 1. The van der Waals surface area contributed by atoms with Crippen LogP contribution in [0.5, 0.6) is 5.88 Å². The van der Waals surface area contributed by atoms with Gasteiger partial charge in [0.2, 0.25) is 5.88 Å². The number of aromatic nitrogens is 2. The number of benzene rings is 2. The minimum Gasteiger partial charge on any atom is -0.453 e. The molecule has 0 bridgehead atoms. The van der Waals surface area contributed by atoms with Gasteiger partial charge in [0.05, 0.1) is 22.5 Å². The Hall–Kier alpha value is -3.56. The number of rotatable bonds is 3. The summed E-state index contributed by atoms with van der Waals surface area (Å²) in [4.78, 5) is 2.03. The van der Waals surface area contributed by atoms with Crippen LogP contribution in [0.4, 0.5) is 5.69 Å². The van der Waals surface area contributed by atoms with Crippen molar-refractivity contribution >= 4 is 11.3 Å². The van der Waals surface area contributed by atoms with Gasteiger partial charge in [-0.25, -0.2) is 4.68 Å². The van der Waals surface area contributed by atoms with E-state index in [-0.39, 0.29) is 0 Å². The SMILES string of the molecule is Cc1ccc(-n2nc(C)c3c2OC(N)C(C#N)=C3c2ccc(N(C)C)cc2)cc1. The lowest BCUT2D eigenvalue weighted by Gasteiger charge is -2.25. The predicted octanol–water partition coefficient (Wildman–Crippen LogP) is 3.56. The second kappa shape index (κ2) is 7.12. The Morgan fingerprint density at radius 3 is 2.31 bits per heavy atom. The van der Waals surface area contributed by atoms with Crippen molar-refractivity contribution < 1.29 is 4.74 Å². The van der Waals surface area contributed by atoms with E-state index in [4.69, 9.17) is 15.6 Å². The van der Waals surface area contributed by atoms with Gasteiger partial charge in [-0.05, 0) is 43.7 Å². The van der Waals surface area contributed by atoms with Crippen molar-refractivity contribution in [1.82, 2.24) is 9.78 Å². The average molecular weight is 385 g/mol. The quantitative estimate of drug-likeness (QED) is 0.746. The fourth-order valence-electron chi connectivity index (χ4n) is 3.57. The van der Waals surface area contributed by atoms with Crippen LogP contribution >= 0.6 is 0 Å². The predicted molar refractivity (Wildman–Crippen MR) is 114 cm³/mol. The van der Waals surface area contributed by atoms with Crippen molar-refractivity contribution in [2.24, 2.45) is 5.73 Å². The highest BCUT2D eigenvalue weighted by molar-refractivity contribution is 5.89. The molecule has 3 aromatic rings. The van der Waals surface area contributed by atoms with Gasteiger partial charge >= 0.3 is 0 Å². The highest BCUT2D eigenvalue weighted by Crippen LogP contribution is 2.42. The number of aryl methyl sites for hydroxylation is 2. The van der Waals surface area contributed by atoms with Gasteiger partial charge in [0, 0.05) is 25.4 Å². The third-order valence-corrected chi connectivity index (χ3v) is 5.13. The van der Waals surface area contributed by atoms with Gasteiger partial charge in [0.15, 0.2) is 6.23 Å². The Labute approximate surface area is 170 Å². The molecule has 2 heterocycles. The highest BCUT2D eigenvalue weighted by Gasteiger charge is 2.33. The molecule has 1 atom stereocenters. The average Bonchev–Trinajstić information content (AvgIpc) is 3.03. The van der Waals surface area contributed by atoms with E-state index in [1.54, 1.807) is 4.68 Å². The van der Waals surface area contributed by atoms with Crippen LogP contribution in [-0.4, -0.2) is 30.1 Å². The fourth-order valence-corrected chi connectivity index (χ4v) is 3.57. The number of nitriles is 1. The minimum atomic E-state index is -0.851. The summed E-state index contributed by atoms with van der Waals surface area (Å²) in [7, 11) is 3.99. The molecule has 1 unspecified atom stereocenters.